The van der Waals surface area contributed by atoms with E-state index in [1.165, 1.54) is 5.56 Å². The molecule has 1 saturated heterocycles. The van der Waals surface area contributed by atoms with Gasteiger partial charge in [-0.15, -0.1) is 0 Å². The van der Waals surface area contributed by atoms with Gasteiger partial charge in [0, 0.05) is 79.1 Å². The number of fused-ring (bicyclic) bond motifs is 2. The molecule has 1 N–H and O–H groups in total. The highest BCUT2D eigenvalue weighted by Crippen LogP contribution is 2.37. The summed E-state index contributed by atoms with van der Waals surface area (Å²) >= 11 is 0. The molecule has 4 aromatic rings. The van der Waals surface area contributed by atoms with E-state index in [4.69, 9.17) is 4.98 Å². The number of pyridine rings is 1. The Hall–Kier alpha value is -3.28. The minimum absolute atomic E-state index is 0.175. The molecule has 4 nitrogen and oxygen atoms in total. The first-order chi connectivity index (χ1) is 16.2. The van der Waals surface area contributed by atoms with Crippen molar-refractivity contribution >= 4 is 16.5 Å². The van der Waals surface area contributed by atoms with E-state index in [9.17, 15) is 0 Å². The van der Waals surface area contributed by atoms with Crippen LogP contribution in [0.25, 0.3) is 27.6 Å². The van der Waals surface area contributed by atoms with Crippen molar-refractivity contribution in [2.24, 2.45) is 0 Å². The van der Waals surface area contributed by atoms with Gasteiger partial charge in [0.1, 0.15) is 5.82 Å². The van der Waals surface area contributed by atoms with Crippen LogP contribution < -0.4 is 0 Å². The Bertz CT molecular complexity index is 1340. The Kier molecular flexibility index (Phi) is 5.08. The highest BCUT2D eigenvalue weighted by Gasteiger charge is 2.21. The summed E-state index contributed by atoms with van der Waals surface area (Å²) in [7, 11) is 2.18. The molecule has 0 atom stereocenters. The lowest BCUT2D eigenvalue weighted by atomic mass is 9.96. The maximum Gasteiger partial charge on any atom is 0.140 e. The van der Waals surface area contributed by atoms with Crippen molar-refractivity contribution in [1.29, 1.82) is 0 Å². The van der Waals surface area contributed by atoms with E-state index in [1.807, 2.05) is 18.3 Å². The Morgan fingerprint density at radius 3 is 2.58 bits per heavy atom. The van der Waals surface area contributed by atoms with Crippen LogP contribution in [0.15, 0.2) is 67.0 Å². The number of allylic oxidation sites excluding steroid dienone is 1. The number of nitrogens with zero attached hydrogens (tertiary/aromatic N) is 3. The summed E-state index contributed by atoms with van der Waals surface area (Å²) in [5.74, 6) is -0.175. The van der Waals surface area contributed by atoms with Crippen molar-refractivity contribution < 1.29 is 4.39 Å². The second-order valence-corrected chi connectivity index (χ2v) is 9.18. The third kappa shape index (κ3) is 3.77. The second kappa shape index (κ2) is 8.25. The molecule has 1 aliphatic heterocycles. The number of hydrogen-bond acceptors (Lipinski definition) is 3. The van der Waals surface area contributed by atoms with Gasteiger partial charge in [-0.25, -0.2) is 4.39 Å². The highest BCUT2D eigenvalue weighted by atomic mass is 19.1. The number of benzene rings is 2. The van der Waals surface area contributed by atoms with Crippen molar-refractivity contribution in [1.82, 2.24) is 19.8 Å². The molecule has 166 valence electrons. The summed E-state index contributed by atoms with van der Waals surface area (Å²) in [6.45, 7) is 5.49. The molecule has 0 saturated carbocycles. The quantitative estimate of drug-likeness (QED) is 0.481. The molecule has 5 heteroatoms. The highest BCUT2D eigenvalue weighted by molar-refractivity contribution is 5.91. The van der Waals surface area contributed by atoms with Crippen molar-refractivity contribution in [3.05, 3.63) is 95.2 Å². The van der Waals surface area contributed by atoms with Crippen molar-refractivity contribution in [2.75, 3.05) is 33.2 Å². The maximum atomic E-state index is 15.2. The third-order valence-corrected chi connectivity index (χ3v) is 7.01. The lowest BCUT2D eigenvalue weighted by Crippen LogP contribution is -2.43. The van der Waals surface area contributed by atoms with Gasteiger partial charge in [-0.2, -0.15) is 0 Å². The molecule has 0 amide bonds. The van der Waals surface area contributed by atoms with E-state index in [0.29, 0.717) is 10.9 Å². The first-order valence-corrected chi connectivity index (χ1v) is 11.6. The van der Waals surface area contributed by atoms with Crippen LogP contribution in [-0.4, -0.2) is 53.0 Å². The predicted molar refractivity (Wildman–Crippen MR) is 131 cm³/mol. The monoisotopic (exact) mass is 438 g/mol. The summed E-state index contributed by atoms with van der Waals surface area (Å²) in [4.78, 5) is 12.7. The van der Waals surface area contributed by atoms with Crippen LogP contribution in [-0.2, 0) is 13.0 Å². The number of likely N-dealkylation sites (N-methyl/N-ethyl adjacent to an activating group) is 1. The number of H-pyrrole nitrogens is 1. The molecule has 1 aliphatic carbocycles. The first-order valence-electron chi connectivity index (χ1n) is 11.6. The van der Waals surface area contributed by atoms with E-state index < -0.39 is 0 Å². The Morgan fingerprint density at radius 2 is 1.76 bits per heavy atom. The van der Waals surface area contributed by atoms with Gasteiger partial charge in [0.05, 0.1) is 5.69 Å². The minimum Gasteiger partial charge on any atom is -0.361 e. The fourth-order valence-electron chi connectivity index (χ4n) is 4.98. The van der Waals surface area contributed by atoms with Crippen LogP contribution in [0.1, 0.15) is 22.4 Å². The Balaban J connectivity index is 1.26. The molecule has 6 rings (SSSR count). The molecule has 0 spiro atoms. The molecule has 2 aromatic heterocycles. The van der Waals surface area contributed by atoms with Crippen molar-refractivity contribution in [2.45, 2.75) is 13.0 Å². The van der Waals surface area contributed by atoms with Gasteiger partial charge in [0.25, 0.3) is 0 Å². The molecule has 0 bridgehead atoms. The lowest BCUT2D eigenvalue weighted by Gasteiger charge is -2.32. The van der Waals surface area contributed by atoms with E-state index in [1.54, 1.807) is 12.3 Å². The zero-order chi connectivity index (χ0) is 22.4. The van der Waals surface area contributed by atoms with Gasteiger partial charge < -0.3 is 9.88 Å². The molecule has 1 fully saturated rings. The van der Waals surface area contributed by atoms with Crippen LogP contribution in [0.2, 0.25) is 0 Å². The largest absolute Gasteiger partial charge is 0.361 e. The van der Waals surface area contributed by atoms with Crippen LogP contribution >= 0.6 is 0 Å². The third-order valence-electron chi connectivity index (χ3n) is 7.01. The van der Waals surface area contributed by atoms with Crippen molar-refractivity contribution in [3.8, 4) is 11.1 Å². The molecular formula is C28H27FN4. The SMILES string of the molecule is CN1CCN(Cc2ccc(-c3cnc4c(c3)C(c3ccc5[nH]ccc5c3F)=CC4)cc2)CC1. The summed E-state index contributed by atoms with van der Waals surface area (Å²) in [6, 6.07) is 16.6. The van der Waals surface area contributed by atoms with Crippen LogP contribution in [0.4, 0.5) is 4.39 Å². The summed E-state index contributed by atoms with van der Waals surface area (Å²) in [6.07, 6.45) is 6.55. The summed E-state index contributed by atoms with van der Waals surface area (Å²) in [5.41, 5.74) is 7.97. The Labute approximate surface area is 193 Å². The summed E-state index contributed by atoms with van der Waals surface area (Å²) in [5, 5.41) is 0.627. The van der Waals surface area contributed by atoms with Crippen LogP contribution in [0, 0.1) is 5.82 Å². The number of piperazine rings is 1. The van der Waals surface area contributed by atoms with E-state index >= 15 is 4.39 Å². The van der Waals surface area contributed by atoms with E-state index in [2.05, 4.69) is 58.2 Å². The van der Waals surface area contributed by atoms with E-state index in [0.717, 1.165) is 72.6 Å². The fourth-order valence-corrected chi connectivity index (χ4v) is 4.98. The molecule has 0 radical (unpaired) electrons. The van der Waals surface area contributed by atoms with Gasteiger partial charge in [-0.05, 0) is 48.0 Å². The topological polar surface area (TPSA) is 35.2 Å². The average Bonchev–Trinajstić information content (AvgIpc) is 3.49. The minimum atomic E-state index is -0.175. The van der Waals surface area contributed by atoms with Crippen LogP contribution in [0.3, 0.4) is 0 Å². The van der Waals surface area contributed by atoms with Gasteiger partial charge in [0.15, 0.2) is 0 Å². The molecule has 2 aromatic carbocycles. The van der Waals surface area contributed by atoms with E-state index in [-0.39, 0.29) is 5.82 Å². The summed E-state index contributed by atoms with van der Waals surface area (Å²) < 4.78 is 15.2. The van der Waals surface area contributed by atoms with Gasteiger partial charge in [-0.3, -0.25) is 9.88 Å². The van der Waals surface area contributed by atoms with Gasteiger partial charge >= 0.3 is 0 Å². The normalized spacial score (nSPS) is 16.8. The molecule has 0 unspecified atom stereocenters. The van der Waals surface area contributed by atoms with Crippen LogP contribution in [0.5, 0.6) is 0 Å². The van der Waals surface area contributed by atoms with Gasteiger partial charge in [-0.1, -0.05) is 30.3 Å². The number of aromatic nitrogens is 2. The molecule has 2 aliphatic rings. The number of nitrogens with one attached hydrogen (secondary N) is 1. The number of rotatable bonds is 4. The zero-order valence-corrected chi connectivity index (χ0v) is 18.8. The maximum absolute atomic E-state index is 15.2. The molecule has 3 heterocycles. The fraction of sp³-hybridized carbons (Fsp3) is 0.250. The standard InChI is InChI=1S/C28H27FN4/c1-32-12-14-33(15-13-32)18-19-2-4-20(5-3-19)21-16-25-22(6-8-27(25)31-17-21)23-7-9-26-24(28(23)29)10-11-30-26/h2-7,9-11,16-17,30H,8,12-15,18H2,1H3. The molecule has 33 heavy (non-hydrogen) atoms. The predicted octanol–water partition coefficient (Wildman–Crippen LogP) is 5.10. The zero-order valence-electron chi connectivity index (χ0n) is 18.8. The van der Waals surface area contributed by atoms with Gasteiger partial charge in [0.2, 0.25) is 0 Å². The first kappa shape index (κ1) is 20.3. The van der Waals surface area contributed by atoms with Crippen molar-refractivity contribution in [3.63, 3.8) is 0 Å². The second-order valence-electron chi connectivity index (χ2n) is 9.18. The number of halogens is 1. The lowest BCUT2D eigenvalue weighted by molar-refractivity contribution is 0.148. The average molecular weight is 439 g/mol. The molecular weight excluding hydrogens is 411 g/mol. The number of aromatic amines is 1. The number of hydrogen-bond donors (Lipinski definition) is 1. The Morgan fingerprint density at radius 1 is 0.939 bits per heavy atom. The smallest absolute Gasteiger partial charge is 0.140 e.